The van der Waals surface area contributed by atoms with Gasteiger partial charge in [-0.25, -0.2) is 10.2 Å². The number of amides is 3. The molecule has 156 valence electrons. The maximum absolute atomic E-state index is 12.8. The zero-order valence-electron chi connectivity index (χ0n) is 17.4. The van der Waals surface area contributed by atoms with Gasteiger partial charge in [0.2, 0.25) is 5.91 Å². The van der Waals surface area contributed by atoms with E-state index in [4.69, 9.17) is 0 Å². The number of rotatable bonds is 5. The SMILES string of the molecule is CCNC(=O)Nn1nc(NC(=O)Cc2cccc3ccccc23)c2c1C(C)(C)NC2. The zero-order chi connectivity index (χ0) is 21.3. The molecule has 0 bridgehead atoms. The molecule has 2 aromatic carbocycles. The number of hydrogen-bond donors (Lipinski definition) is 4. The van der Waals surface area contributed by atoms with Crippen LogP contribution in [0, 0.1) is 0 Å². The van der Waals surface area contributed by atoms with E-state index in [-0.39, 0.29) is 23.9 Å². The number of nitrogens with zero attached hydrogens (tertiary/aromatic N) is 2. The predicted molar refractivity (Wildman–Crippen MR) is 117 cm³/mol. The van der Waals surface area contributed by atoms with Crippen LogP contribution in [0.15, 0.2) is 42.5 Å². The van der Waals surface area contributed by atoms with Crippen molar-refractivity contribution < 1.29 is 9.59 Å². The molecule has 4 N–H and O–H groups in total. The van der Waals surface area contributed by atoms with Crippen LogP contribution < -0.4 is 21.4 Å². The summed E-state index contributed by atoms with van der Waals surface area (Å²) in [6, 6.07) is 13.6. The molecule has 8 heteroatoms. The molecule has 0 aliphatic carbocycles. The molecule has 0 spiro atoms. The lowest BCUT2D eigenvalue weighted by Gasteiger charge is -2.21. The maximum atomic E-state index is 12.8. The van der Waals surface area contributed by atoms with Crippen LogP contribution >= 0.6 is 0 Å². The monoisotopic (exact) mass is 406 g/mol. The van der Waals surface area contributed by atoms with Crippen LogP contribution in [0.1, 0.15) is 37.6 Å². The Kier molecular flexibility index (Phi) is 5.17. The Morgan fingerprint density at radius 2 is 1.93 bits per heavy atom. The molecule has 30 heavy (non-hydrogen) atoms. The first kappa shape index (κ1) is 19.9. The maximum Gasteiger partial charge on any atom is 0.335 e. The fraction of sp³-hybridized carbons (Fsp3) is 0.318. The molecule has 8 nitrogen and oxygen atoms in total. The standard InChI is InChI=1S/C22H26N6O2/c1-4-23-21(30)27-28-19-17(13-24-22(19,2)3)20(26-28)25-18(29)12-15-10-7-9-14-8-5-6-11-16(14)15/h5-11,24H,4,12-13H2,1-3H3,(H2,23,27,30)(H,25,26,29). The summed E-state index contributed by atoms with van der Waals surface area (Å²) < 4.78 is 0. The van der Waals surface area contributed by atoms with Crippen molar-refractivity contribution in [3.8, 4) is 0 Å². The molecule has 1 aromatic heterocycles. The van der Waals surface area contributed by atoms with Crippen LogP contribution in [0.3, 0.4) is 0 Å². The Hall–Kier alpha value is -3.39. The quantitative estimate of drug-likeness (QED) is 0.523. The van der Waals surface area contributed by atoms with Gasteiger partial charge in [0.25, 0.3) is 0 Å². The second-order valence-corrected chi connectivity index (χ2v) is 7.90. The second-order valence-electron chi connectivity index (χ2n) is 7.90. The summed E-state index contributed by atoms with van der Waals surface area (Å²) in [5.41, 5.74) is 5.01. The molecule has 1 aliphatic rings. The summed E-state index contributed by atoms with van der Waals surface area (Å²) in [4.78, 5) is 26.3. The number of carbonyl (C=O) groups excluding carboxylic acids is 2. The summed E-state index contributed by atoms with van der Waals surface area (Å²) in [5, 5.41) is 15.7. The fourth-order valence-corrected chi connectivity index (χ4v) is 3.93. The lowest BCUT2D eigenvalue weighted by atomic mass is 10.0. The zero-order valence-corrected chi connectivity index (χ0v) is 17.4. The van der Waals surface area contributed by atoms with Crippen LogP contribution in [0.5, 0.6) is 0 Å². The topological polar surface area (TPSA) is 100 Å². The normalized spacial score (nSPS) is 14.4. The van der Waals surface area contributed by atoms with Gasteiger partial charge in [0.1, 0.15) is 0 Å². The number of benzene rings is 2. The molecular formula is C22H26N6O2. The summed E-state index contributed by atoms with van der Waals surface area (Å²) in [6.07, 6.45) is 0.240. The van der Waals surface area contributed by atoms with E-state index in [0.29, 0.717) is 18.9 Å². The third kappa shape index (κ3) is 3.73. The molecule has 0 saturated carbocycles. The average molecular weight is 406 g/mol. The van der Waals surface area contributed by atoms with Crippen LogP contribution in [-0.2, 0) is 23.3 Å². The largest absolute Gasteiger partial charge is 0.337 e. The van der Waals surface area contributed by atoms with Crippen molar-refractivity contribution in [2.75, 3.05) is 17.3 Å². The Balaban J connectivity index is 1.58. The highest BCUT2D eigenvalue weighted by Gasteiger charge is 2.37. The second kappa shape index (κ2) is 7.79. The summed E-state index contributed by atoms with van der Waals surface area (Å²) in [5.74, 6) is 0.312. The number of carbonyl (C=O) groups is 2. The van der Waals surface area contributed by atoms with Gasteiger partial charge in [-0.3, -0.25) is 4.79 Å². The Morgan fingerprint density at radius 1 is 1.17 bits per heavy atom. The smallest absolute Gasteiger partial charge is 0.335 e. The summed E-state index contributed by atoms with van der Waals surface area (Å²) >= 11 is 0. The van der Waals surface area contributed by atoms with Gasteiger partial charge in [0.15, 0.2) is 5.82 Å². The van der Waals surface area contributed by atoms with Crippen molar-refractivity contribution in [3.63, 3.8) is 0 Å². The first-order valence-corrected chi connectivity index (χ1v) is 10.1. The van der Waals surface area contributed by atoms with Gasteiger partial charge in [-0.2, -0.15) is 4.79 Å². The van der Waals surface area contributed by atoms with E-state index in [1.54, 1.807) is 0 Å². The van der Waals surface area contributed by atoms with Crippen molar-refractivity contribution in [2.24, 2.45) is 0 Å². The molecule has 1 aliphatic heterocycles. The average Bonchev–Trinajstić information content (AvgIpc) is 3.20. The molecule has 4 rings (SSSR count). The number of nitrogens with one attached hydrogen (secondary N) is 4. The number of urea groups is 1. The molecule has 3 amide bonds. The van der Waals surface area contributed by atoms with E-state index < -0.39 is 0 Å². The van der Waals surface area contributed by atoms with Gasteiger partial charge in [-0.15, -0.1) is 5.10 Å². The van der Waals surface area contributed by atoms with Gasteiger partial charge in [0, 0.05) is 18.7 Å². The lowest BCUT2D eigenvalue weighted by Crippen LogP contribution is -2.39. The van der Waals surface area contributed by atoms with Crippen LogP contribution in [-0.4, -0.2) is 28.4 Å². The minimum atomic E-state index is -0.388. The van der Waals surface area contributed by atoms with E-state index >= 15 is 0 Å². The Labute approximate surface area is 175 Å². The molecule has 3 aromatic rings. The number of aromatic nitrogens is 2. The summed E-state index contributed by atoms with van der Waals surface area (Å²) in [7, 11) is 0. The van der Waals surface area contributed by atoms with E-state index in [2.05, 4.69) is 26.5 Å². The first-order chi connectivity index (χ1) is 14.4. The Morgan fingerprint density at radius 3 is 2.73 bits per heavy atom. The number of anilines is 1. The van der Waals surface area contributed by atoms with Gasteiger partial charge in [-0.1, -0.05) is 42.5 Å². The van der Waals surface area contributed by atoms with Crippen LogP contribution in [0.4, 0.5) is 10.6 Å². The van der Waals surface area contributed by atoms with Crippen LogP contribution in [0.25, 0.3) is 10.8 Å². The molecule has 2 heterocycles. The molecule has 0 fully saturated rings. The Bertz CT molecular complexity index is 1110. The van der Waals surface area contributed by atoms with Crippen molar-refractivity contribution >= 4 is 28.5 Å². The molecule has 0 radical (unpaired) electrons. The molecule has 0 unspecified atom stereocenters. The minimum Gasteiger partial charge on any atom is -0.337 e. The van der Waals surface area contributed by atoms with E-state index in [0.717, 1.165) is 27.6 Å². The minimum absolute atomic E-state index is 0.151. The van der Waals surface area contributed by atoms with Gasteiger partial charge >= 0.3 is 6.03 Å². The van der Waals surface area contributed by atoms with Crippen molar-refractivity contribution in [2.45, 2.75) is 39.3 Å². The molecule has 0 atom stereocenters. The first-order valence-electron chi connectivity index (χ1n) is 10.1. The highest BCUT2D eigenvalue weighted by atomic mass is 16.2. The van der Waals surface area contributed by atoms with E-state index in [1.807, 2.05) is 63.2 Å². The fourth-order valence-electron chi connectivity index (χ4n) is 3.93. The number of fused-ring (bicyclic) bond motifs is 2. The number of hydrogen-bond acceptors (Lipinski definition) is 4. The highest BCUT2D eigenvalue weighted by Crippen LogP contribution is 2.34. The molecule has 0 saturated heterocycles. The lowest BCUT2D eigenvalue weighted by molar-refractivity contribution is -0.115. The van der Waals surface area contributed by atoms with Gasteiger partial charge in [0.05, 0.1) is 17.7 Å². The van der Waals surface area contributed by atoms with E-state index in [9.17, 15) is 9.59 Å². The van der Waals surface area contributed by atoms with Crippen molar-refractivity contribution in [1.82, 2.24) is 20.5 Å². The third-order valence-electron chi connectivity index (χ3n) is 5.32. The van der Waals surface area contributed by atoms with Gasteiger partial charge < -0.3 is 16.0 Å². The van der Waals surface area contributed by atoms with Crippen molar-refractivity contribution in [1.29, 1.82) is 0 Å². The third-order valence-corrected chi connectivity index (χ3v) is 5.32. The predicted octanol–water partition coefficient (Wildman–Crippen LogP) is 2.83. The molecular weight excluding hydrogens is 380 g/mol. The highest BCUT2D eigenvalue weighted by molar-refractivity contribution is 5.96. The van der Waals surface area contributed by atoms with E-state index in [1.165, 1.54) is 4.79 Å². The van der Waals surface area contributed by atoms with Crippen molar-refractivity contribution in [3.05, 3.63) is 59.3 Å². The van der Waals surface area contributed by atoms with Gasteiger partial charge in [-0.05, 0) is 37.1 Å². The summed E-state index contributed by atoms with van der Waals surface area (Å²) in [6.45, 7) is 6.93. The van der Waals surface area contributed by atoms with Crippen LogP contribution in [0.2, 0.25) is 0 Å².